The van der Waals surface area contributed by atoms with Gasteiger partial charge in [-0.3, -0.25) is 9.69 Å². The van der Waals surface area contributed by atoms with Gasteiger partial charge in [0.15, 0.2) is 0 Å². The van der Waals surface area contributed by atoms with Gasteiger partial charge in [0, 0.05) is 19.3 Å². The first-order valence-corrected chi connectivity index (χ1v) is 11.9. The summed E-state index contributed by atoms with van der Waals surface area (Å²) in [5.74, 6) is -0.626. The zero-order valence-electron chi connectivity index (χ0n) is 17.5. The van der Waals surface area contributed by atoms with Crippen molar-refractivity contribution in [2.45, 2.75) is 24.3 Å². The molecule has 2 aromatic carbocycles. The van der Waals surface area contributed by atoms with Crippen LogP contribution in [0.5, 0.6) is 0 Å². The van der Waals surface area contributed by atoms with Crippen LogP contribution in [0.2, 0.25) is 0 Å². The predicted octanol–water partition coefficient (Wildman–Crippen LogP) is 3.85. The molecule has 0 aliphatic carbocycles. The quantitative estimate of drug-likeness (QED) is 0.568. The lowest BCUT2D eigenvalue weighted by Gasteiger charge is -2.34. The summed E-state index contributed by atoms with van der Waals surface area (Å²) in [6.07, 6.45) is 2.79. The monoisotopic (exact) mass is 453 g/mol. The fraction of sp³-hybridized carbons (Fsp3) is 0.250. The summed E-state index contributed by atoms with van der Waals surface area (Å²) in [5, 5.41) is 0. The number of anilines is 1. The van der Waals surface area contributed by atoms with Crippen molar-refractivity contribution in [3.63, 3.8) is 0 Å². The lowest BCUT2D eigenvalue weighted by Crippen LogP contribution is -2.46. The van der Waals surface area contributed by atoms with Gasteiger partial charge >= 0.3 is 0 Å². The first-order valence-electron chi connectivity index (χ1n) is 10.5. The van der Waals surface area contributed by atoms with Crippen LogP contribution in [-0.2, 0) is 21.4 Å². The number of rotatable bonds is 6. The number of carbonyl (C=O) groups excluding carboxylic acids is 1. The maximum atomic E-state index is 13.6. The van der Waals surface area contributed by atoms with Crippen molar-refractivity contribution in [3.8, 4) is 0 Å². The molecule has 1 saturated heterocycles. The summed E-state index contributed by atoms with van der Waals surface area (Å²) in [4.78, 5) is 19.6. The van der Waals surface area contributed by atoms with E-state index < -0.39 is 21.8 Å². The Morgan fingerprint density at radius 1 is 1.03 bits per heavy atom. The Labute approximate surface area is 187 Å². The number of hydrogen-bond donors (Lipinski definition) is 0. The van der Waals surface area contributed by atoms with Crippen LogP contribution >= 0.6 is 0 Å². The molecular formula is C24H24FN3O3S. The van der Waals surface area contributed by atoms with Gasteiger partial charge in [0.05, 0.1) is 17.4 Å². The van der Waals surface area contributed by atoms with Gasteiger partial charge in [-0.15, -0.1) is 0 Å². The molecule has 32 heavy (non-hydrogen) atoms. The highest BCUT2D eigenvalue weighted by Gasteiger charge is 2.35. The molecule has 0 saturated carbocycles. The van der Waals surface area contributed by atoms with E-state index in [0.717, 1.165) is 17.7 Å². The van der Waals surface area contributed by atoms with E-state index in [1.807, 2.05) is 36.4 Å². The summed E-state index contributed by atoms with van der Waals surface area (Å²) in [5.41, 5.74) is 0.957. The largest absolute Gasteiger partial charge is 0.292 e. The van der Waals surface area contributed by atoms with Crippen molar-refractivity contribution in [1.82, 2.24) is 9.29 Å². The van der Waals surface area contributed by atoms with Crippen molar-refractivity contribution in [3.05, 3.63) is 90.4 Å². The topological polar surface area (TPSA) is 70.6 Å². The Hall–Kier alpha value is -3.10. The third-order valence-corrected chi connectivity index (χ3v) is 7.44. The minimum atomic E-state index is -3.81. The number of nitrogens with zero attached hydrogens (tertiary/aromatic N) is 3. The van der Waals surface area contributed by atoms with Crippen molar-refractivity contribution < 1.29 is 17.6 Å². The first-order chi connectivity index (χ1) is 15.4. The van der Waals surface area contributed by atoms with Crippen molar-refractivity contribution in [1.29, 1.82) is 0 Å². The summed E-state index contributed by atoms with van der Waals surface area (Å²) in [6.45, 7) is 0.750. The number of halogens is 1. The Balaban J connectivity index is 1.57. The molecule has 1 aliphatic rings. The predicted molar refractivity (Wildman–Crippen MR) is 120 cm³/mol. The van der Waals surface area contributed by atoms with Gasteiger partial charge in [-0.1, -0.05) is 36.4 Å². The molecule has 4 rings (SSSR count). The molecule has 3 aromatic rings. The summed E-state index contributed by atoms with van der Waals surface area (Å²) < 4.78 is 40.7. The molecule has 0 N–H and O–H groups in total. The van der Waals surface area contributed by atoms with Crippen LogP contribution in [0.4, 0.5) is 10.2 Å². The van der Waals surface area contributed by atoms with E-state index in [4.69, 9.17) is 0 Å². The second kappa shape index (κ2) is 9.58. The van der Waals surface area contributed by atoms with E-state index in [-0.39, 0.29) is 17.3 Å². The number of hydrogen-bond acceptors (Lipinski definition) is 4. The third kappa shape index (κ3) is 4.87. The molecule has 0 unspecified atom stereocenters. The van der Waals surface area contributed by atoms with Crippen LogP contribution in [0.15, 0.2) is 83.9 Å². The van der Waals surface area contributed by atoms with Gasteiger partial charge in [-0.2, -0.15) is 4.31 Å². The highest BCUT2D eigenvalue weighted by atomic mass is 32.2. The SMILES string of the molecule is O=C([C@@H]1CCCN(S(=O)(=O)c2ccc(F)cc2)C1)N(Cc1ccccc1)c1ccccn1. The number of piperidine rings is 1. The van der Waals surface area contributed by atoms with Crippen LogP contribution in [0, 0.1) is 11.7 Å². The molecule has 0 radical (unpaired) electrons. The minimum absolute atomic E-state index is 0.0258. The van der Waals surface area contributed by atoms with Gasteiger partial charge in [0.25, 0.3) is 0 Å². The Morgan fingerprint density at radius 3 is 2.44 bits per heavy atom. The molecule has 2 heterocycles. The molecule has 0 bridgehead atoms. The van der Waals surface area contributed by atoms with E-state index in [1.165, 1.54) is 16.4 Å². The number of sulfonamides is 1. The van der Waals surface area contributed by atoms with E-state index in [9.17, 15) is 17.6 Å². The maximum absolute atomic E-state index is 13.6. The summed E-state index contributed by atoms with van der Waals surface area (Å²) in [6, 6.07) is 19.8. The minimum Gasteiger partial charge on any atom is -0.292 e. The number of carbonyl (C=O) groups is 1. The lowest BCUT2D eigenvalue weighted by molar-refractivity contribution is -0.123. The normalized spacial score (nSPS) is 17.1. The zero-order chi connectivity index (χ0) is 22.6. The Bertz CT molecular complexity index is 1160. The van der Waals surface area contributed by atoms with E-state index in [0.29, 0.717) is 31.7 Å². The second-order valence-electron chi connectivity index (χ2n) is 7.75. The third-order valence-electron chi connectivity index (χ3n) is 5.56. The molecule has 166 valence electrons. The lowest BCUT2D eigenvalue weighted by atomic mass is 9.97. The summed E-state index contributed by atoms with van der Waals surface area (Å²) in [7, 11) is -3.81. The number of benzene rings is 2. The molecule has 1 fully saturated rings. The molecule has 1 atom stereocenters. The van der Waals surface area contributed by atoms with E-state index in [2.05, 4.69) is 4.98 Å². The van der Waals surface area contributed by atoms with Crippen molar-refractivity contribution in [2.75, 3.05) is 18.0 Å². The molecule has 1 aliphatic heterocycles. The van der Waals surface area contributed by atoms with Crippen LogP contribution < -0.4 is 4.90 Å². The fourth-order valence-electron chi connectivity index (χ4n) is 3.89. The van der Waals surface area contributed by atoms with Gasteiger partial charge in [-0.05, 0) is 54.8 Å². The molecule has 8 heteroatoms. The molecule has 6 nitrogen and oxygen atoms in total. The smallest absolute Gasteiger partial charge is 0.243 e. The molecule has 1 aromatic heterocycles. The number of aromatic nitrogens is 1. The van der Waals surface area contributed by atoms with Gasteiger partial charge < -0.3 is 0 Å². The molecule has 1 amide bonds. The second-order valence-corrected chi connectivity index (χ2v) is 9.69. The van der Waals surface area contributed by atoms with E-state index in [1.54, 1.807) is 23.2 Å². The zero-order valence-corrected chi connectivity index (χ0v) is 18.3. The average Bonchev–Trinajstić information content (AvgIpc) is 2.84. The first kappa shape index (κ1) is 22.1. The fourth-order valence-corrected chi connectivity index (χ4v) is 5.41. The maximum Gasteiger partial charge on any atom is 0.243 e. The molecular weight excluding hydrogens is 429 g/mol. The van der Waals surface area contributed by atoms with Crippen LogP contribution in [-0.4, -0.2) is 36.7 Å². The Kier molecular flexibility index (Phi) is 6.62. The standard InChI is InChI=1S/C24H24FN3O3S/c25-21-11-13-22(14-12-21)32(30,31)27-16-6-9-20(18-27)24(29)28(23-10-4-5-15-26-23)17-19-7-2-1-3-8-19/h1-5,7-8,10-15,20H,6,9,16-18H2/t20-/m1/s1. The van der Waals surface area contributed by atoms with Gasteiger partial charge in [0.2, 0.25) is 15.9 Å². The van der Waals surface area contributed by atoms with Crippen LogP contribution in [0.1, 0.15) is 18.4 Å². The van der Waals surface area contributed by atoms with Crippen molar-refractivity contribution >= 4 is 21.7 Å². The van der Waals surface area contributed by atoms with Crippen LogP contribution in [0.25, 0.3) is 0 Å². The Morgan fingerprint density at radius 2 is 1.75 bits per heavy atom. The van der Waals surface area contributed by atoms with Crippen LogP contribution in [0.3, 0.4) is 0 Å². The van der Waals surface area contributed by atoms with E-state index >= 15 is 0 Å². The molecule has 0 spiro atoms. The highest BCUT2D eigenvalue weighted by molar-refractivity contribution is 7.89. The number of pyridine rings is 1. The van der Waals surface area contributed by atoms with Crippen molar-refractivity contribution in [2.24, 2.45) is 5.92 Å². The number of amides is 1. The van der Waals surface area contributed by atoms with Gasteiger partial charge in [0.1, 0.15) is 11.6 Å². The highest BCUT2D eigenvalue weighted by Crippen LogP contribution is 2.27. The average molecular weight is 454 g/mol. The summed E-state index contributed by atoms with van der Waals surface area (Å²) >= 11 is 0. The van der Waals surface area contributed by atoms with Gasteiger partial charge in [-0.25, -0.2) is 17.8 Å².